The molecule has 1 heterocycles. The summed E-state index contributed by atoms with van der Waals surface area (Å²) in [5, 5.41) is 9.42. The number of likely N-dealkylation sites (tertiary alicyclic amines) is 1. The van der Waals surface area contributed by atoms with E-state index >= 15 is 0 Å². The van der Waals surface area contributed by atoms with Gasteiger partial charge in [0.15, 0.2) is 5.96 Å². The fourth-order valence-corrected chi connectivity index (χ4v) is 2.68. The van der Waals surface area contributed by atoms with Crippen molar-refractivity contribution >= 4 is 11.9 Å². The van der Waals surface area contributed by atoms with Gasteiger partial charge < -0.3 is 20.9 Å². The third kappa shape index (κ3) is 9.11. The van der Waals surface area contributed by atoms with Gasteiger partial charge in [-0.05, 0) is 51.7 Å². The summed E-state index contributed by atoms with van der Waals surface area (Å²) in [4.78, 5) is 18.7. The van der Waals surface area contributed by atoms with E-state index in [1.54, 1.807) is 0 Å². The fourth-order valence-electron chi connectivity index (χ4n) is 2.68. The van der Waals surface area contributed by atoms with Gasteiger partial charge in [-0.25, -0.2) is 0 Å². The Hall–Kier alpha value is -1.30. The summed E-state index contributed by atoms with van der Waals surface area (Å²) in [6.07, 6.45) is 3.75. The maximum Gasteiger partial charge on any atom is 0.222 e. The van der Waals surface area contributed by atoms with Crippen molar-refractivity contribution in [3.8, 4) is 0 Å². The van der Waals surface area contributed by atoms with Crippen LogP contribution in [0.15, 0.2) is 4.99 Å². The molecule has 0 bridgehead atoms. The highest BCUT2D eigenvalue weighted by molar-refractivity contribution is 5.80. The van der Waals surface area contributed by atoms with Crippen LogP contribution in [0.2, 0.25) is 0 Å². The number of hydrogen-bond donors (Lipinski definition) is 3. The van der Waals surface area contributed by atoms with E-state index in [0.717, 1.165) is 37.9 Å². The van der Waals surface area contributed by atoms with Gasteiger partial charge in [0.25, 0.3) is 0 Å². The zero-order valence-corrected chi connectivity index (χ0v) is 16.0. The molecule has 1 rings (SSSR count). The maximum atomic E-state index is 11.5. The van der Waals surface area contributed by atoms with E-state index in [-0.39, 0.29) is 11.8 Å². The largest absolute Gasteiger partial charge is 0.357 e. The summed E-state index contributed by atoms with van der Waals surface area (Å²) in [6.45, 7) is 14.8. The van der Waals surface area contributed by atoms with Crippen LogP contribution in [-0.4, -0.2) is 62.6 Å². The minimum absolute atomic E-state index is 0.0321. The molecule has 6 heteroatoms. The first-order valence-corrected chi connectivity index (χ1v) is 9.55. The summed E-state index contributed by atoms with van der Waals surface area (Å²) < 4.78 is 0. The van der Waals surface area contributed by atoms with E-state index in [1.165, 1.54) is 25.9 Å². The first-order chi connectivity index (χ1) is 11.5. The normalized spacial score (nSPS) is 17.1. The molecule has 0 aromatic heterocycles. The van der Waals surface area contributed by atoms with Crippen LogP contribution in [0.3, 0.4) is 0 Å². The number of nitrogens with zero attached hydrogens (tertiary/aromatic N) is 2. The number of rotatable bonds is 9. The molecule has 1 aliphatic heterocycles. The lowest BCUT2D eigenvalue weighted by molar-refractivity contribution is -0.123. The summed E-state index contributed by atoms with van der Waals surface area (Å²) in [6, 6.07) is 0. The molecule has 1 fully saturated rings. The van der Waals surface area contributed by atoms with Gasteiger partial charge in [-0.2, -0.15) is 0 Å². The molecule has 3 N–H and O–H groups in total. The number of piperidine rings is 1. The number of carbonyl (C=O) groups is 1. The Balaban J connectivity index is 2.18. The van der Waals surface area contributed by atoms with E-state index in [0.29, 0.717) is 13.1 Å². The molecule has 0 saturated carbocycles. The molecular weight excluding hydrogens is 302 g/mol. The lowest BCUT2D eigenvalue weighted by atomic mass is 9.99. The molecule has 1 amide bonds. The van der Waals surface area contributed by atoms with Crippen molar-refractivity contribution < 1.29 is 4.79 Å². The molecule has 6 nitrogen and oxygen atoms in total. The van der Waals surface area contributed by atoms with Gasteiger partial charge in [0.05, 0.1) is 0 Å². The average Bonchev–Trinajstić information content (AvgIpc) is 2.56. The molecule has 1 saturated heterocycles. The molecular formula is C18H37N5O. The number of carbonyl (C=O) groups excluding carboxylic acids is 1. The topological polar surface area (TPSA) is 68.8 Å². The summed E-state index contributed by atoms with van der Waals surface area (Å²) >= 11 is 0. The first kappa shape index (κ1) is 20.7. The van der Waals surface area contributed by atoms with Crippen LogP contribution < -0.4 is 16.0 Å². The molecule has 1 aliphatic rings. The number of nitrogens with one attached hydrogen (secondary N) is 3. The Morgan fingerprint density at radius 3 is 2.46 bits per heavy atom. The monoisotopic (exact) mass is 339 g/mol. The maximum absolute atomic E-state index is 11.5. The van der Waals surface area contributed by atoms with Gasteiger partial charge in [0.2, 0.25) is 5.91 Å². The lowest BCUT2D eigenvalue weighted by Gasteiger charge is -2.29. The van der Waals surface area contributed by atoms with Crippen LogP contribution in [0.25, 0.3) is 0 Å². The second-order valence-corrected chi connectivity index (χ2v) is 7.01. The number of guanidine groups is 1. The highest BCUT2D eigenvalue weighted by atomic mass is 16.1. The Labute approximate surface area is 147 Å². The predicted octanol–water partition coefficient (Wildman–Crippen LogP) is 1.44. The van der Waals surface area contributed by atoms with Gasteiger partial charge in [-0.3, -0.25) is 9.79 Å². The smallest absolute Gasteiger partial charge is 0.222 e. The van der Waals surface area contributed by atoms with Crippen molar-refractivity contribution in [2.24, 2.45) is 16.8 Å². The molecule has 0 radical (unpaired) electrons. The van der Waals surface area contributed by atoms with Crippen LogP contribution in [0, 0.1) is 11.8 Å². The zero-order valence-electron chi connectivity index (χ0n) is 16.0. The Morgan fingerprint density at radius 2 is 1.83 bits per heavy atom. The molecule has 0 aliphatic carbocycles. The second kappa shape index (κ2) is 12.1. The second-order valence-electron chi connectivity index (χ2n) is 7.01. The number of hydrogen-bond acceptors (Lipinski definition) is 3. The van der Waals surface area contributed by atoms with E-state index < -0.39 is 0 Å². The van der Waals surface area contributed by atoms with Crippen molar-refractivity contribution in [1.29, 1.82) is 0 Å². The van der Waals surface area contributed by atoms with Crippen molar-refractivity contribution in [3.05, 3.63) is 0 Å². The summed E-state index contributed by atoms with van der Waals surface area (Å²) in [5.41, 5.74) is 0. The van der Waals surface area contributed by atoms with Crippen molar-refractivity contribution in [3.63, 3.8) is 0 Å². The van der Waals surface area contributed by atoms with Gasteiger partial charge in [0, 0.05) is 32.1 Å². The molecule has 0 aromatic rings. The number of amides is 1. The number of aliphatic imine (C=N–C) groups is 1. The quantitative estimate of drug-likeness (QED) is 0.338. The minimum atomic E-state index is 0.0321. The van der Waals surface area contributed by atoms with Gasteiger partial charge >= 0.3 is 0 Å². The van der Waals surface area contributed by atoms with Crippen molar-refractivity contribution in [1.82, 2.24) is 20.9 Å². The molecule has 0 atom stereocenters. The first-order valence-electron chi connectivity index (χ1n) is 9.55. The Kier molecular flexibility index (Phi) is 10.5. The SMILES string of the molecule is CCNC(=NCCCN1CCC(C)CC1)NCCNC(=O)C(C)C. The lowest BCUT2D eigenvalue weighted by Crippen LogP contribution is -2.42. The van der Waals surface area contributed by atoms with Crippen molar-refractivity contribution in [2.45, 2.75) is 47.0 Å². The molecule has 24 heavy (non-hydrogen) atoms. The van der Waals surface area contributed by atoms with Crippen LogP contribution in [-0.2, 0) is 4.79 Å². The molecule has 140 valence electrons. The highest BCUT2D eigenvalue weighted by Gasteiger charge is 2.14. The van der Waals surface area contributed by atoms with Crippen LogP contribution in [0.5, 0.6) is 0 Å². The summed E-state index contributed by atoms with van der Waals surface area (Å²) in [5.74, 6) is 1.85. The predicted molar refractivity (Wildman–Crippen MR) is 101 cm³/mol. The Morgan fingerprint density at radius 1 is 1.17 bits per heavy atom. The van der Waals surface area contributed by atoms with Crippen molar-refractivity contribution in [2.75, 3.05) is 45.8 Å². The minimum Gasteiger partial charge on any atom is -0.357 e. The van der Waals surface area contributed by atoms with E-state index in [9.17, 15) is 4.79 Å². The third-order valence-corrected chi connectivity index (χ3v) is 4.36. The highest BCUT2D eigenvalue weighted by Crippen LogP contribution is 2.15. The van der Waals surface area contributed by atoms with Crippen LogP contribution in [0.1, 0.15) is 47.0 Å². The average molecular weight is 340 g/mol. The standard InChI is InChI=1S/C18H37N5O/c1-5-19-18(22-11-10-20-17(24)15(2)3)21-9-6-12-23-13-7-16(4)8-14-23/h15-16H,5-14H2,1-4H3,(H,20,24)(H2,19,21,22). The van der Waals surface area contributed by atoms with Crippen LogP contribution in [0.4, 0.5) is 0 Å². The summed E-state index contributed by atoms with van der Waals surface area (Å²) in [7, 11) is 0. The van der Waals surface area contributed by atoms with Crippen LogP contribution >= 0.6 is 0 Å². The van der Waals surface area contributed by atoms with E-state index in [2.05, 4.69) is 39.7 Å². The van der Waals surface area contributed by atoms with Gasteiger partial charge in [0.1, 0.15) is 0 Å². The van der Waals surface area contributed by atoms with E-state index in [1.807, 2.05) is 13.8 Å². The molecule has 0 aromatic carbocycles. The van der Waals surface area contributed by atoms with E-state index in [4.69, 9.17) is 0 Å². The third-order valence-electron chi connectivity index (χ3n) is 4.36. The fraction of sp³-hybridized carbons (Fsp3) is 0.889. The van der Waals surface area contributed by atoms with Gasteiger partial charge in [-0.15, -0.1) is 0 Å². The molecule has 0 unspecified atom stereocenters. The Bertz CT molecular complexity index is 376. The molecule has 0 spiro atoms. The zero-order chi connectivity index (χ0) is 17.8. The van der Waals surface area contributed by atoms with Gasteiger partial charge in [-0.1, -0.05) is 20.8 Å².